The van der Waals surface area contributed by atoms with Crippen molar-refractivity contribution in [2.24, 2.45) is 0 Å². The minimum atomic E-state index is -3.74. The number of carbonyl (C=O) groups excluding carboxylic acids is 1. The lowest BCUT2D eigenvalue weighted by Gasteiger charge is -2.14. The maximum Gasteiger partial charge on any atom is 0.261 e. The maximum absolute atomic E-state index is 11.6. The van der Waals surface area contributed by atoms with Gasteiger partial charge in [0.05, 0.1) is 4.90 Å². The lowest BCUT2D eigenvalue weighted by Crippen LogP contribution is -2.37. The third-order valence-corrected chi connectivity index (χ3v) is 4.20. The lowest BCUT2D eigenvalue weighted by atomic mass is 10.2. The van der Waals surface area contributed by atoms with Crippen LogP contribution in [-0.4, -0.2) is 27.0 Å². The van der Waals surface area contributed by atoms with E-state index in [-0.39, 0.29) is 23.5 Å². The molecule has 0 radical (unpaired) electrons. The number of halogens is 1. The molecule has 1 aromatic carbocycles. The minimum Gasteiger partial charge on any atom is -0.484 e. The van der Waals surface area contributed by atoms with Gasteiger partial charge in [-0.25, -0.2) is 8.42 Å². The van der Waals surface area contributed by atoms with Gasteiger partial charge in [-0.2, -0.15) is 0 Å². The molecule has 0 aliphatic rings. The Labute approximate surface area is 123 Å². The van der Waals surface area contributed by atoms with Crippen molar-refractivity contribution in [2.45, 2.75) is 37.6 Å². The zero-order valence-electron chi connectivity index (χ0n) is 11.4. The third kappa shape index (κ3) is 5.38. The average molecular weight is 320 g/mol. The van der Waals surface area contributed by atoms with Crippen LogP contribution in [0.3, 0.4) is 0 Å². The number of ether oxygens (including phenoxy) is 1. The van der Waals surface area contributed by atoms with Crippen molar-refractivity contribution in [3.8, 4) is 5.75 Å². The highest BCUT2D eigenvalue weighted by atomic mass is 35.7. The molecule has 0 unspecified atom stereocenters. The fourth-order valence-electron chi connectivity index (χ4n) is 1.61. The first-order chi connectivity index (χ1) is 9.36. The van der Waals surface area contributed by atoms with Crippen molar-refractivity contribution < 1.29 is 17.9 Å². The molecule has 0 aliphatic heterocycles. The van der Waals surface area contributed by atoms with Gasteiger partial charge in [-0.1, -0.05) is 13.8 Å². The summed E-state index contributed by atoms with van der Waals surface area (Å²) < 4.78 is 27.4. The Morgan fingerprint density at radius 1 is 1.25 bits per heavy atom. The summed E-state index contributed by atoms with van der Waals surface area (Å²) in [6, 6.07) is 5.72. The molecule has 0 saturated carbocycles. The van der Waals surface area contributed by atoms with E-state index in [1.165, 1.54) is 24.3 Å². The Morgan fingerprint density at radius 2 is 1.80 bits per heavy atom. The molecule has 0 aliphatic carbocycles. The number of benzene rings is 1. The number of rotatable bonds is 7. The molecule has 0 aromatic heterocycles. The van der Waals surface area contributed by atoms with E-state index in [1.807, 2.05) is 13.8 Å². The molecule has 0 atom stereocenters. The van der Waals surface area contributed by atoms with Crippen LogP contribution in [0.4, 0.5) is 0 Å². The van der Waals surface area contributed by atoms with Gasteiger partial charge in [-0.15, -0.1) is 0 Å². The van der Waals surface area contributed by atoms with Crippen LogP contribution in [0, 0.1) is 0 Å². The number of hydrogen-bond acceptors (Lipinski definition) is 4. The highest BCUT2D eigenvalue weighted by Gasteiger charge is 2.11. The second-order valence-corrected chi connectivity index (χ2v) is 6.84. The van der Waals surface area contributed by atoms with Gasteiger partial charge in [0, 0.05) is 16.7 Å². The van der Waals surface area contributed by atoms with Crippen LogP contribution in [0.2, 0.25) is 0 Å². The molecule has 0 fully saturated rings. The summed E-state index contributed by atoms with van der Waals surface area (Å²) in [7, 11) is 1.46. The molecule has 7 heteroatoms. The first kappa shape index (κ1) is 16.8. The molecular weight excluding hydrogens is 302 g/mol. The van der Waals surface area contributed by atoms with Crippen molar-refractivity contribution in [1.29, 1.82) is 0 Å². The van der Waals surface area contributed by atoms with E-state index in [9.17, 15) is 13.2 Å². The molecule has 1 rings (SSSR count). The zero-order valence-corrected chi connectivity index (χ0v) is 13.0. The van der Waals surface area contributed by atoms with Crippen molar-refractivity contribution in [3.63, 3.8) is 0 Å². The first-order valence-electron chi connectivity index (χ1n) is 6.33. The summed E-state index contributed by atoms with van der Waals surface area (Å²) in [6.45, 7) is 3.89. The first-order valence-corrected chi connectivity index (χ1v) is 8.64. The van der Waals surface area contributed by atoms with Crippen LogP contribution in [0.15, 0.2) is 29.2 Å². The van der Waals surface area contributed by atoms with E-state index in [0.29, 0.717) is 5.75 Å². The molecule has 0 saturated heterocycles. The number of amides is 1. The van der Waals surface area contributed by atoms with Gasteiger partial charge in [0.15, 0.2) is 6.61 Å². The van der Waals surface area contributed by atoms with Crippen molar-refractivity contribution in [1.82, 2.24) is 5.32 Å². The van der Waals surface area contributed by atoms with Gasteiger partial charge in [-0.3, -0.25) is 4.79 Å². The second kappa shape index (κ2) is 7.50. The molecule has 5 nitrogen and oxygen atoms in total. The van der Waals surface area contributed by atoms with E-state index < -0.39 is 9.05 Å². The van der Waals surface area contributed by atoms with Crippen LogP contribution in [-0.2, 0) is 13.8 Å². The highest BCUT2D eigenvalue weighted by Crippen LogP contribution is 2.18. The molecule has 0 spiro atoms. The fourth-order valence-corrected chi connectivity index (χ4v) is 2.38. The Hall–Kier alpha value is -1.27. The molecule has 0 heterocycles. The van der Waals surface area contributed by atoms with Gasteiger partial charge in [-0.05, 0) is 37.1 Å². The summed E-state index contributed by atoms with van der Waals surface area (Å²) in [4.78, 5) is 11.6. The third-order valence-electron chi connectivity index (χ3n) is 2.83. The molecular formula is C13H18ClNO4S. The van der Waals surface area contributed by atoms with Crippen LogP contribution in [0.25, 0.3) is 0 Å². The SMILES string of the molecule is CCC(CC)NC(=O)COc1ccc(S(=O)(=O)Cl)cc1. The summed E-state index contributed by atoms with van der Waals surface area (Å²) in [5.41, 5.74) is 0. The smallest absolute Gasteiger partial charge is 0.261 e. The molecule has 0 bridgehead atoms. The van der Waals surface area contributed by atoms with Gasteiger partial charge in [0.25, 0.3) is 15.0 Å². The van der Waals surface area contributed by atoms with Gasteiger partial charge in [0.1, 0.15) is 5.75 Å². The molecule has 20 heavy (non-hydrogen) atoms. The standard InChI is InChI=1S/C13H18ClNO4S/c1-3-10(4-2)15-13(16)9-19-11-5-7-12(8-6-11)20(14,17)18/h5-8,10H,3-4,9H2,1-2H3,(H,15,16). The minimum absolute atomic E-state index is 0.00648. The van der Waals surface area contributed by atoms with Crippen LogP contribution < -0.4 is 10.1 Å². The summed E-state index contributed by atoms with van der Waals surface area (Å²) in [6.07, 6.45) is 1.73. The monoisotopic (exact) mass is 319 g/mol. The maximum atomic E-state index is 11.6. The van der Waals surface area contributed by atoms with E-state index in [4.69, 9.17) is 15.4 Å². The van der Waals surface area contributed by atoms with Crippen LogP contribution >= 0.6 is 10.7 Å². The fraction of sp³-hybridized carbons (Fsp3) is 0.462. The van der Waals surface area contributed by atoms with Crippen LogP contribution in [0.5, 0.6) is 5.75 Å². The average Bonchev–Trinajstić information content (AvgIpc) is 2.42. The summed E-state index contributed by atoms with van der Waals surface area (Å²) >= 11 is 0. The number of hydrogen-bond donors (Lipinski definition) is 1. The molecule has 112 valence electrons. The number of carbonyl (C=O) groups is 1. The van der Waals surface area contributed by atoms with E-state index in [1.54, 1.807) is 0 Å². The van der Waals surface area contributed by atoms with Crippen molar-refractivity contribution in [3.05, 3.63) is 24.3 Å². The Kier molecular flexibility index (Phi) is 6.29. The molecule has 1 N–H and O–H groups in total. The second-order valence-electron chi connectivity index (χ2n) is 4.28. The van der Waals surface area contributed by atoms with Crippen molar-refractivity contribution >= 4 is 25.6 Å². The van der Waals surface area contributed by atoms with Crippen LogP contribution in [0.1, 0.15) is 26.7 Å². The Bertz CT molecular complexity index is 538. The molecule has 1 amide bonds. The lowest BCUT2D eigenvalue weighted by molar-refractivity contribution is -0.123. The predicted molar refractivity (Wildman–Crippen MR) is 77.5 cm³/mol. The van der Waals surface area contributed by atoms with Crippen molar-refractivity contribution in [2.75, 3.05) is 6.61 Å². The summed E-state index contributed by atoms with van der Waals surface area (Å²) in [5, 5.41) is 2.84. The topological polar surface area (TPSA) is 72.5 Å². The summed E-state index contributed by atoms with van der Waals surface area (Å²) in [5.74, 6) is 0.210. The van der Waals surface area contributed by atoms with E-state index in [2.05, 4.69) is 5.32 Å². The van der Waals surface area contributed by atoms with Gasteiger partial charge >= 0.3 is 0 Å². The largest absolute Gasteiger partial charge is 0.484 e. The van der Waals surface area contributed by atoms with Gasteiger partial charge < -0.3 is 10.1 Å². The quantitative estimate of drug-likeness (QED) is 0.783. The number of nitrogens with one attached hydrogen (secondary N) is 1. The Balaban J connectivity index is 2.52. The van der Waals surface area contributed by atoms with Gasteiger partial charge in [0.2, 0.25) is 0 Å². The predicted octanol–water partition coefficient (Wildman–Crippen LogP) is 2.30. The van der Waals surface area contributed by atoms with E-state index in [0.717, 1.165) is 12.8 Å². The normalized spacial score (nSPS) is 11.4. The zero-order chi connectivity index (χ0) is 15.2. The molecule has 1 aromatic rings. The Morgan fingerprint density at radius 3 is 2.25 bits per heavy atom. The highest BCUT2D eigenvalue weighted by molar-refractivity contribution is 8.13. The van der Waals surface area contributed by atoms with E-state index >= 15 is 0 Å².